The van der Waals surface area contributed by atoms with Crippen molar-refractivity contribution in [2.45, 2.75) is 31.2 Å². The van der Waals surface area contributed by atoms with Gasteiger partial charge in [-0.3, -0.25) is 4.68 Å². The molecule has 0 spiro atoms. The van der Waals surface area contributed by atoms with Crippen molar-refractivity contribution in [3.63, 3.8) is 0 Å². The van der Waals surface area contributed by atoms with Gasteiger partial charge in [0.1, 0.15) is 0 Å². The molecule has 1 aromatic carbocycles. The predicted octanol–water partition coefficient (Wildman–Crippen LogP) is 2.51. The summed E-state index contributed by atoms with van der Waals surface area (Å²) in [5.74, 6) is 1.32. The van der Waals surface area contributed by atoms with Crippen LogP contribution in [0.4, 0.5) is 0 Å². The number of nitrogens with one attached hydrogen (secondary N) is 1. The lowest BCUT2D eigenvalue weighted by molar-refractivity contribution is 0.405. The summed E-state index contributed by atoms with van der Waals surface area (Å²) in [5, 5.41) is 7.97. The third-order valence-corrected chi connectivity index (χ3v) is 4.18. The maximum absolute atomic E-state index is 5.44. The molecule has 4 heteroatoms. The average Bonchev–Trinajstić information content (AvgIpc) is 3.28. The van der Waals surface area contributed by atoms with Crippen LogP contribution in [0, 0.1) is 0 Å². The SMILES string of the molecule is COc1cnn(C)c1CC(CNC1CC1)c1ccccc1. The van der Waals surface area contributed by atoms with E-state index in [1.807, 2.05) is 11.7 Å². The highest BCUT2D eigenvalue weighted by atomic mass is 16.5. The van der Waals surface area contributed by atoms with E-state index >= 15 is 0 Å². The van der Waals surface area contributed by atoms with Crippen LogP contribution in [0.5, 0.6) is 5.75 Å². The largest absolute Gasteiger partial charge is 0.493 e. The zero-order chi connectivity index (χ0) is 14.7. The first-order valence-corrected chi connectivity index (χ1v) is 7.61. The standard InChI is InChI=1S/C17H23N3O/c1-20-16(17(21-2)12-19-20)10-14(11-18-15-8-9-15)13-6-4-3-5-7-13/h3-7,12,14-15,18H,8-11H2,1-2H3. The molecule has 1 aliphatic carbocycles. The van der Waals surface area contributed by atoms with Crippen LogP contribution in [0.15, 0.2) is 36.5 Å². The number of benzene rings is 1. The molecule has 112 valence electrons. The first kappa shape index (κ1) is 14.1. The fraction of sp³-hybridized carbons (Fsp3) is 0.471. The van der Waals surface area contributed by atoms with Gasteiger partial charge in [-0.05, 0) is 18.4 Å². The quantitative estimate of drug-likeness (QED) is 0.849. The number of hydrogen-bond donors (Lipinski definition) is 1. The van der Waals surface area contributed by atoms with E-state index in [2.05, 4.69) is 40.7 Å². The molecule has 0 aliphatic heterocycles. The maximum Gasteiger partial charge on any atom is 0.159 e. The molecule has 1 aliphatic rings. The highest BCUT2D eigenvalue weighted by Crippen LogP contribution is 2.27. The van der Waals surface area contributed by atoms with Crippen LogP contribution in [-0.4, -0.2) is 29.5 Å². The second kappa shape index (κ2) is 6.31. The minimum Gasteiger partial charge on any atom is -0.493 e. The molecule has 1 aromatic heterocycles. The highest BCUT2D eigenvalue weighted by molar-refractivity contribution is 5.29. The number of nitrogens with zero attached hydrogens (tertiary/aromatic N) is 2. The van der Waals surface area contributed by atoms with Crippen LogP contribution in [0.1, 0.15) is 30.0 Å². The van der Waals surface area contributed by atoms with Crippen LogP contribution in [0.25, 0.3) is 0 Å². The van der Waals surface area contributed by atoms with Gasteiger partial charge in [-0.2, -0.15) is 5.10 Å². The Balaban J connectivity index is 1.79. The zero-order valence-corrected chi connectivity index (χ0v) is 12.7. The molecule has 0 radical (unpaired) electrons. The molecule has 1 fully saturated rings. The van der Waals surface area contributed by atoms with E-state index in [4.69, 9.17) is 4.74 Å². The number of ether oxygens (including phenoxy) is 1. The molecular formula is C17H23N3O. The van der Waals surface area contributed by atoms with Crippen molar-refractivity contribution >= 4 is 0 Å². The lowest BCUT2D eigenvalue weighted by Gasteiger charge is -2.19. The highest BCUT2D eigenvalue weighted by Gasteiger charge is 2.24. The summed E-state index contributed by atoms with van der Waals surface area (Å²) in [6, 6.07) is 11.4. The molecular weight excluding hydrogens is 262 g/mol. The van der Waals surface area contributed by atoms with Gasteiger partial charge in [-0.25, -0.2) is 0 Å². The predicted molar refractivity (Wildman–Crippen MR) is 83.7 cm³/mol. The normalized spacial score (nSPS) is 15.9. The van der Waals surface area contributed by atoms with Crippen molar-refractivity contribution < 1.29 is 4.74 Å². The summed E-state index contributed by atoms with van der Waals surface area (Å²) in [7, 11) is 3.69. The fourth-order valence-corrected chi connectivity index (χ4v) is 2.71. The van der Waals surface area contributed by atoms with Gasteiger partial charge in [0.15, 0.2) is 5.75 Å². The lowest BCUT2D eigenvalue weighted by atomic mass is 9.93. The van der Waals surface area contributed by atoms with Crippen LogP contribution in [-0.2, 0) is 13.5 Å². The molecule has 4 nitrogen and oxygen atoms in total. The molecule has 0 amide bonds. The van der Waals surface area contributed by atoms with Gasteiger partial charge in [0.2, 0.25) is 0 Å². The fourth-order valence-electron chi connectivity index (χ4n) is 2.71. The second-order valence-electron chi connectivity index (χ2n) is 5.78. The number of aryl methyl sites for hydroxylation is 1. The maximum atomic E-state index is 5.44. The summed E-state index contributed by atoms with van der Waals surface area (Å²) in [4.78, 5) is 0. The van der Waals surface area contributed by atoms with E-state index in [-0.39, 0.29) is 0 Å². The van der Waals surface area contributed by atoms with Gasteiger partial charge in [0, 0.05) is 32.0 Å². The molecule has 1 N–H and O–H groups in total. The van der Waals surface area contributed by atoms with Gasteiger partial charge in [0.25, 0.3) is 0 Å². The first-order chi connectivity index (χ1) is 10.3. The Bertz CT molecular complexity index is 575. The summed E-state index contributed by atoms with van der Waals surface area (Å²) >= 11 is 0. The molecule has 1 atom stereocenters. The lowest BCUT2D eigenvalue weighted by Crippen LogP contribution is -2.25. The third-order valence-electron chi connectivity index (χ3n) is 4.18. The molecule has 1 heterocycles. The Hall–Kier alpha value is -1.81. The number of rotatable bonds is 7. The van der Waals surface area contributed by atoms with Gasteiger partial charge in [-0.1, -0.05) is 30.3 Å². The van der Waals surface area contributed by atoms with Gasteiger partial charge in [-0.15, -0.1) is 0 Å². The van der Waals surface area contributed by atoms with Crippen LogP contribution in [0.3, 0.4) is 0 Å². The van der Waals surface area contributed by atoms with Crippen LogP contribution in [0.2, 0.25) is 0 Å². The molecule has 0 bridgehead atoms. The van der Waals surface area contributed by atoms with Crippen LogP contribution >= 0.6 is 0 Å². The minimum absolute atomic E-state index is 0.441. The topological polar surface area (TPSA) is 39.1 Å². The second-order valence-corrected chi connectivity index (χ2v) is 5.78. The Morgan fingerprint density at radius 1 is 1.33 bits per heavy atom. The number of methoxy groups -OCH3 is 1. The van der Waals surface area contributed by atoms with Gasteiger partial charge >= 0.3 is 0 Å². The summed E-state index contributed by atoms with van der Waals surface area (Å²) in [6.45, 7) is 1.00. The molecule has 0 saturated heterocycles. The first-order valence-electron chi connectivity index (χ1n) is 7.61. The van der Waals surface area contributed by atoms with Crippen LogP contribution < -0.4 is 10.1 Å². The average molecular weight is 285 g/mol. The van der Waals surface area contributed by atoms with Crippen molar-refractivity contribution in [1.82, 2.24) is 15.1 Å². The summed E-state index contributed by atoms with van der Waals surface area (Å²) in [6.07, 6.45) is 5.36. The molecule has 2 aromatic rings. The van der Waals surface area contributed by atoms with Crippen molar-refractivity contribution in [1.29, 1.82) is 0 Å². The monoisotopic (exact) mass is 285 g/mol. The molecule has 1 unspecified atom stereocenters. The van der Waals surface area contributed by atoms with E-state index < -0.39 is 0 Å². The molecule has 1 saturated carbocycles. The van der Waals surface area contributed by atoms with Gasteiger partial charge < -0.3 is 10.1 Å². The summed E-state index contributed by atoms with van der Waals surface area (Å²) < 4.78 is 7.36. The molecule has 21 heavy (non-hydrogen) atoms. The van der Waals surface area contributed by atoms with Crippen molar-refractivity contribution in [2.75, 3.05) is 13.7 Å². The smallest absolute Gasteiger partial charge is 0.159 e. The van der Waals surface area contributed by atoms with E-state index in [0.717, 1.165) is 30.5 Å². The Kier molecular flexibility index (Phi) is 4.25. The van der Waals surface area contributed by atoms with Crippen molar-refractivity contribution in [3.05, 3.63) is 47.8 Å². The summed E-state index contributed by atoms with van der Waals surface area (Å²) in [5.41, 5.74) is 2.53. The number of aromatic nitrogens is 2. The third kappa shape index (κ3) is 3.45. The Morgan fingerprint density at radius 2 is 2.10 bits per heavy atom. The Labute approximate surface area is 126 Å². The van der Waals surface area contributed by atoms with E-state index in [1.54, 1.807) is 13.3 Å². The van der Waals surface area contributed by atoms with Gasteiger partial charge in [0.05, 0.1) is 19.0 Å². The van der Waals surface area contributed by atoms with E-state index in [1.165, 1.54) is 18.4 Å². The van der Waals surface area contributed by atoms with E-state index in [0.29, 0.717) is 5.92 Å². The molecule has 3 rings (SSSR count). The van der Waals surface area contributed by atoms with Crippen molar-refractivity contribution in [2.24, 2.45) is 7.05 Å². The minimum atomic E-state index is 0.441. The van der Waals surface area contributed by atoms with Crippen molar-refractivity contribution in [3.8, 4) is 5.75 Å². The van der Waals surface area contributed by atoms with E-state index in [9.17, 15) is 0 Å². The number of hydrogen-bond acceptors (Lipinski definition) is 3. The Morgan fingerprint density at radius 3 is 2.76 bits per heavy atom. The zero-order valence-electron chi connectivity index (χ0n) is 12.7.